The van der Waals surface area contributed by atoms with E-state index in [9.17, 15) is 13.2 Å². The van der Waals surface area contributed by atoms with Gasteiger partial charge in [0.2, 0.25) is 0 Å². The lowest BCUT2D eigenvalue weighted by Gasteiger charge is -2.20. The SMILES string of the molecule is Cc1ccc([C@@H](C)NC(=O)c2cccc(S(=O)(=O)N(C)c3ccccc3)c2)cc1. The van der Waals surface area contributed by atoms with E-state index in [0.29, 0.717) is 11.3 Å². The van der Waals surface area contributed by atoms with Crippen LogP contribution in [0.3, 0.4) is 0 Å². The average molecular weight is 409 g/mol. The minimum absolute atomic E-state index is 0.0690. The van der Waals surface area contributed by atoms with Crippen LogP contribution in [0.25, 0.3) is 0 Å². The van der Waals surface area contributed by atoms with Crippen LogP contribution < -0.4 is 9.62 Å². The highest BCUT2D eigenvalue weighted by Crippen LogP contribution is 2.22. The molecule has 3 aromatic rings. The minimum atomic E-state index is -3.78. The number of carbonyl (C=O) groups is 1. The number of benzene rings is 3. The van der Waals surface area contributed by atoms with E-state index in [1.54, 1.807) is 36.4 Å². The maximum Gasteiger partial charge on any atom is 0.264 e. The van der Waals surface area contributed by atoms with Crippen molar-refractivity contribution < 1.29 is 13.2 Å². The van der Waals surface area contributed by atoms with Crippen molar-refractivity contribution in [3.8, 4) is 0 Å². The van der Waals surface area contributed by atoms with Crippen molar-refractivity contribution in [2.24, 2.45) is 0 Å². The minimum Gasteiger partial charge on any atom is -0.346 e. The van der Waals surface area contributed by atoms with Crippen LogP contribution in [0, 0.1) is 6.92 Å². The summed E-state index contributed by atoms with van der Waals surface area (Å²) in [5.74, 6) is -0.322. The van der Waals surface area contributed by atoms with E-state index in [1.165, 1.54) is 23.5 Å². The molecule has 0 radical (unpaired) electrons. The van der Waals surface area contributed by atoms with Crippen LogP contribution >= 0.6 is 0 Å². The zero-order valence-electron chi connectivity index (χ0n) is 16.7. The second-order valence-corrected chi connectivity index (χ2v) is 8.91. The molecule has 0 aliphatic carbocycles. The molecule has 1 atom stereocenters. The van der Waals surface area contributed by atoms with Gasteiger partial charge in [0.15, 0.2) is 0 Å². The van der Waals surface area contributed by atoms with Gasteiger partial charge < -0.3 is 5.32 Å². The topological polar surface area (TPSA) is 66.5 Å². The predicted octanol–water partition coefficient (Wildman–Crippen LogP) is 4.31. The average Bonchev–Trinajstić information content (AvgIpc) is 2.74. The molecule has 3 aromatic carbocycles. The van der Waals surface area contributed by atoms with Gasteiger partial charge in [-0.2, -0.15) is 0 Å². The van der Waals surface area contributed by atoms with E-state index >= 15 is 0 Å². The number of nitrogens with one attached hydrogen (secondary N) is 1. The molecule has 0 aliphatic rings. The van der Waals surface area contributed by atoms with Crippen LogP contribution in [0.1, 0.15) is 34.5 Å². The number of aryl methyl sites for hydroxylation is 1. The smallest absolute Gasteiger partial charge is 0.264 e. The number of carbonyl (C=O) groups excluding carboxylic acids is 1. The van der Waals surface area contributed by atoms with Crippen LogP contribution in [0.15, 0.2) is 83.8 Å². The zero-order chi connectivity index (χ0) is 21.0. The lowest BCUT2D eigenvalue weighted by Crippen LogP contribution is -2.28. The molecule has 1 N–H and O–H groups in total. The largest absolute Gasteiger partial charge is 0.346 e. The number of nitrogens with zero attached hydrogens (tertiary/aromatic N) is 1. The summed E-state index contributed by atoms with van der Waals surface area (Å²) in [6, 6.07) is 22.6. The van der Waals surface area contributed by atoms with Crippen LogP contribution in [0.5, 0.6) is 0 Å². The third-order valence-electron chi connectivity index (χ3n) is 4.80. The summed E-state index contributed by atoms with van der Waals surface area (Å²) in [6.07, 6.45) is 0. The van der Waals surface area contributed by atoms with Gasteiger partial charge in [0.05, 0.1) is 16.6 Å². The van der Waals surface area contributed by atoms with Crippen molar-refractivity contribution in [2.45, 2.75) is 24.8 Å². The van der Waals surface area contributed by atoms with Gasteiger partial charge in [-0.25, -0.2) is 8.42 Å². The molecule has 0 heterocycles. The van der Waals surface area contributed by atoms with Crippen molar-refractivity contribution >= 4 is 21.6 Å². The first-order chi connectivity index (χ1) is 13.8. The van der Waals surface area contributed by atoms with Gasteiger partial charge in [0.1, 0.15) is 0 Å². The Morgan fingerprint density at radius 2 is 1.59 bits per heavy atom. The summed E-state index contributed by atoms with van der Waals surface area (Å²) in [5, 5.41) is 2.92. The standard InChI is InChI=1S/C23H24N2O3S/c1-17-12-14-19(15-13-17)18(2)24-23(26)20-8-7-11-22(16-20)29(27,28)25(3)21-9-5-4-6-10-21/h4-16,18H,1-3H3,(H,24,26)/t18-/m1/s1. The Labute approximate surface area is 172 Å². The summed E-state index contributed by atoms with van der Waals surface area (Å²) in [5.41, 5.74) is 2.98. The number of sulfonamides is 1. The fourth-order valence-electron chi connectivity index (χ4n) is 2.95. The number of rotatable bonds is 6. The molecule has 29 heavy (non-hydrogen) atoms. The van der Waals surface area contributed by atoms with Crippen LogP contribution in [-0.2, 0) is 10.0 Å². The molecule has 0 aliphatic heterocycles. The third-order valence-corrected chi connectivity index (χ3v) is 6.58. The first-order valence-corrected chi connectivity index (χ1v) is 10.7. The molecule has 0 spiro atoms. The van der Waals surface area contributed by atoms with Crippen LogP contribution in [-0.4, -0.2) is 21.4 Å². The number of amides is 1. The number of para-hydroxylation sites is 1. The van der Waals surface area contributed by atoms with Crippen LogP contribution in [0.2, 0.25) is 0 Å². The Morgan fingerprint density at radius 3 is 2.24 bits per heavy atom. The zero-order valence-corrected chi connectivity index (χ0v) is 17.5. The molecule has 0 aromatic heterocycles. The van der Waals surface area contributed by atoms with E-state index < -0.39 is 10.0 Å². The van der Waals surface area contributed by atoms with Gasteiger partial charge in [-0.3, -0.25) is 9.10 Å². The Kier molecular flexibility index (Phi) is 6.03. The van der Waals surface area contributed by atoms with E-state index in [-0.39, 0.29) is 16.8 Å². The van der Waals surface area contributed by atoms with Crippen LogP contribution in [0.4, 0.5) is 5.69 Å². The highest BCUT2D eigenvalue weighted by Gasteiger charge is 2.22. The monoisotopic (exact) mass is 408 g/mol. The molecular weight excluding hydrogens is 384 g/mol. The number of hydrogen-bond donors (Lipinski definition) is 1. The highest BCUT2D eigenvalue weighted by molar-refractivity contribution is 7.92. The molecule has 0 saturated carbocycles. The fraction of sp³-hybridized carbons (Fsp3) is 0.174. The number of hydrogen-bond acceptors (Lipinski definition) is 3. The summed E-state index contributed by atoms with van der Waals surface area (Å²) in [7, 11) is -2.28. The molecule has 1 amide bonds. The summed E-state index contributed by atoms with van der Waals surface area (Å²) in [4.78, 5) is 12.8. The predicted molar refractivity (Wildman–Crippen MR) is 116 cm³/mol. The second kappa shape index (κ2) is 8.49. The van der Waals surface area contributed by atoms with E-state index in [2.05, 4.69) is 5.32 Å². The van der Waals surface area contributed by atoms with Crippen molar-refractivity contribution in [2.75, 3.05) is 11.4 Å². The molecular formula is C23H24N2O3S. The quantitative estimate of drug-likeness (QED) is 0.661. The van der Waals surface area contributed by atoms with E-state index in [0.717, 1.165) is 11.1 Å². The molecule has 6 heteroatoms. The molecule has 5 nitrogen and oxygen atoms in total. The highest BCUT2D eigenvalue weighted by atomic mass is 32.2. The molecule has 0 fully saturated rings. The van der Waals surface area contributed by atoms with Gasteiger partial charge in [-0.15, -0.1) is 0 Å². The van der Waals surface area contributed by atoms with Gasteiger partial charge in [-0.1, -0.05) is 54.1 Å². The van der Waals surface area contributed by atoms with Gasteiger partial charge >= 0.3 is 0 Å². The van der Waals surface area contributed by atoms with E-state index in [4.69, 9.17) is 0 Å². The number of anilines is 1. The lowest BCUT2D eigenvalue weighted by atomic mass is 10.1. The maximum atomic E-state index is 13.0. The van der Waals surface area contributed by atoms with Gasteiger partial charge in [0, 0.05) is 12.6 Å². The first-order valence-electron chi connectivity index (χ1n) is 9.30. The third kappa shape index (κ3) is 4.66. The van der Waals surface area contributed by atoms with Gasteiger partial charge in [-0.05, 0) is 49.7 Å². The molecule has 150 valence electrons. The Balaban J connectivity index is 1.81. The molecule has 3 rings (SSSR count). The first kappa shape index (κ1) is 20.6. The molecule has 0 bridgehead atoms. The van der Waals surface area contributed by atoms with Crippen molar-refractivity contribution in [1.82, 2.24) is 5.32 Å². The van der Waals surface area contributed by atoms with E-state index in [1.807, 2.05) is 44.2 Å². The van der Waals surface area contributed by atoms with Crippen molar-refractivity contribution in [3.05, 3.63) is 95.6 Å². The lowest BCUT2D eigenvalue weighted by molar-refractivity contribution is 0.0939. The summed E-state index contributed by atoms with van der Waals surface area (Å²) in [6.45, 7) is 3.90. The second-order valence-electron chi connectivity index (χ2n) is 6.94. The fourth-order valence-corrected chi connectivity index (χ4v) is 4.19. The maximum absolute atomic E-state index is 13.0. The summed E-state index contributed by atoms with van der Waals surface area (Å²) >= 11 is 0. The van der Waals surface area contributed by atoms with Gasteiger partial charge in [0.25, 0.3) is 15.9 Å². The molecule has 0 saturated heterocycles. The van der Waals surface area contributed by atoms with Crippen molar-refractivity contribution in [3.63, 3.8) is 0 Å². The summed E-state index contributed by atoms with van der Waals surface area (Å²) < 4.78 is 27.2. The Bertz CT molecular complexity index is 1090. The Morgan fingerprint density at radius 1 is 0.931 bits per heavy atom. The normalized spacial score (nSPS) is 12.2. The van der Waals surface area contributed by atoms with Crippen molar-refractivity contribution in [1.29, 1.82) is 0 Å². The Hall–Kier alpha value is -3.12. The molecule has 0 unspecified atom stereocenters.